The number of quaternary nitrogens is 1. The van der Waals surface area contributed by atoms with Crippen LogP contribution in [0.4, 0.5) is 4.39 Å². The maximum Gasteiger partial charge on any atom is 0.244 e. The molecule has 0 saturated carbocycles. The molecule has 1 amide bonds. The highest BCUT2D eigenvalue weighted by molar-refractivity contribution is 6.31. The summed E-state index contributed by atoms with van der Waals surface area (Å²) in [5.41, 5.74) is 1.20. The first-order valence-electron chi connectivity index (χ1n) is 8.86. The van der Waals surface area contributed by atoms with Crippen molar-refractivity contribution >= 4 is 23.6 Å². The van der Waals surface area contributed by atoms with Gasteiger partial charge in [0, 0.05) is 24.6 Å². The average Bonchev–Trinajstić information content (AvgIpc) is 2.64. The highest BCUT2D eigenvalue weighted by atomic mass is 35.5. The van der Waals surface area contributed by atoms with Crippen LogP contribution in [0.5, 0.6) is 5.75 Å². The summed E-state index contributed by atoms with van der Waals surface area (Å²) in [5.74, 6) is 0.0976. The van der Waals surface area contributed by atoms with E-state index >= 15 is 0 Å². The number of amides is 1. The summed E-state index contributed by atoms with van der Waals surface area (Å²) in [7, 11) is 4.17. The Balaban J connectivity index is 1.81. The summed E-state index contributed by atoms with van der Waals surface area (Å²) >= 11 is 5.98. The van der Waals surface area contributed by atoms with Crippen molar-refractivity contribution in [3.8, 4) is 5.75 Å². The van der Waals surface area contributed by atoms with Gasteiger partial charge in [0.15, 0.2) is 0 Å². The van der Waals surface area contributed by atoms with Gasteiger partial charge in [0.1, 0.15) is 18.2 Å². The van der Waals surface area contributed by atoms with Crippen LogP contribution in [0.2, 0.25) is 5.02 Å². The van der Waals surface area contributed by atoms with E-state index in [0.29, 0.717) is 22.9 Å². The fourth-order valence-corrected chi connectivity index (χ4v) is 2.60. The van der Waals surface area contributed by atoms with Gasteiger partial charge in [-0.15, -0.1) is 0 Å². The molecule has 2 aromatic carbocycles. The zero-order chi connectivity index (χ0) is 19.6. The summed E-state index contributed by atoms with van der Waals surface area (Å²) in [6, 6.07) is 11.7. The lowest BCUT2D eigenvalue weighted by Crippen LogP contribution is -3.05. The number of hydrogen-bond donors (Lipinski definition) is 2. The van der Waals surface area contributed by atoms with Crippen LogP contribution in [0, 0.1) is 5.82 Å². The van der Waals surface area contributed by atoms with Crippen LogP contribution in [0.25, 0.3) is 6.08 Å². The smallest absolute Gasteiger partial charge is 0.244 e. The molecule has 0 aliphatic rings. The minimum Gasteiger partial charge on any atom is -0.489 e. The van der Waals surface area contributed by atoms with Crippen LogP contribution in [0.3, 0.4) is 0 Å². The van der Waals surface area contributed by atoms with Crippen LogP contribution in [0.1, 0.15) is 17.5 Å². The number of nitrogens with one attached hydrogen (secondary N) is 2. The van der Waals surface area contributed by atoms with E-state index in [-0.39, 0.29) is 18.3 Å². The van der Waals surface area contributed by atoms with Gasteiger partial charge in [-0.2, -0.15) is 0 Å². The lowest BCUT2D eigenvalue weighted by molar-refractivity contribution is -0.858. The minimum absolute atomic E-state index is 0.0533. The van der Waals surface area contributed by atoms with E-state index in [0.717, 1.165) is 18.5 Å². The predicted octanol–water partition coefficient (Wildman–Crippen LogP) is 2.72. The zero-order valence-electron chi connectivity index (χ0n) is 15.6. The molecule has 27 heavy (non-hydrogen) atoms. The normalized spacial score (nSPS) is 11.1. The van der Waals surface area contributed by atoms with Crippen LogP contribution in [0.15, 0.2) is 48.5 Å². The molecule has 144 valence electrons. The largest absolute Gasteiger partial charge is 0.489 e. The first kappa shape index (κ1) is 20.9. The maximum atomic E-state index is 13.7. The van der Waals surface area contributed by atoms with E-state index in [2.05, 4.69) is 19.4 Å². The van der Waals surface area contributed by atoms with E-state index < -0.39 is 0 Å². The van der Waals surface area contributed by atoms with E-state index in [9.17, 15) is 9.18 Å². The summed E-state index contributed by atoms with van der Waals surface area (Å²) in [6.45, 7) is 1.74. The van der Waals surface area contributed by atoms with Crippen molar-refractivity contribution < 1.29 is 18.8 Å². The highest BCUT2D eigenvalue weighted by Crippen LogP contribution is 2.21. The Morgan fingerprint density at radius 2 is 1.96 bits per heavy atom. The second-order valence-electron chi connectivity index (χ2n) is 6.49. The third-order valence-electron chi connectivity index (χ3n) is 3.90. The molecule has 2 N–H and O–H groups in total. The zero-order valence-corrected chi connectivity index (χ0v) is 16.4. The minimum atomic E-state index is -0.389. The molecular formula is C21H25ClFN2O2+. The Morgan fingerprint density at radius 1 is 1.22 bits per heavy atom. The van der Waals surface area contributed by atoms with Crippen molar-refractivity contribution in [3.05, 3.63) is 70.5 Å². The molecule has 0 radical (unpaired) electrons. The third-order valence-corrected chi connectivity index (χ3v) is 4.26. The van der Waals surface area contributed by atoms with Gasteiger partial charge in [-0.05, 0) is 35.9 Å². The fraction of sp³-hybridized carbons (Fsp3) is 0.286. The van der Waals surface area contributed by atoms with E-state index in [1.54, 1.807) is 30.3 Å². The van der Waals surface area contributed by atoms with Crippen molar-refractivity contribution in [1.82, 2.24) is 5.32 Å². The Hall–Kier alpha value is -2.37. The van der Waals surface area contributed by atoms with Crippen LogP contribution in [-0.2, 0) is 11.4 Å². The van der Waals surface area contributed by atoms with E-state index in [1.165, 1.54) is 17.0 Å². The van der Waals surface area contributed by atoms with Crippen molar-refractivity contribution in [1.29, 1.82) is 0 Å². The van der Waals surface area contributed by atoms with Crippen molar-refractivity contribution in [2.24, 2.45) is 0 Å². The molecule has 0 spiro atoms. The van der Waals surface area contributed by atoms with Crippen LogP contribution >= 0.6 is 11.6 Å². The molecule has 4 nitrogen and oxygen atoms in total. The van der Waals surface area contributed by atoms with Gasteiger partial charge in [0.05, 0.1) is 25.7 Å². The number of hydrogen-bond acceptors (Lipinski definition) is 2. The van der Waals surface area contributed by atoms with Crippen LogP contribution < -0.4 is 15.0 Å². The van der Waals surface area contributed by atoms with Gasteiger partial charge in [-0.3, -0.25) is 4.79 Å². The summed E-state index contributed by atoms with van der Waals surface area (Å²) in [4.78, 5) is 13.1. The summed E-state index contributed by atoms with van der Waals surface area (Å²) in [5, 5.41) is 3.20. The Bertz CT molecular complexity index is 756. The Labute approximate surface area is 164 Å². The number of rotatable bonds is 9. The molecule has 6 heteroatoms. The lowest BCUT2D eigenvalue weighted by atomic mass is 10.2. The molecular weight excluding hydrogens is 367 g/mol. The molecule has 0 aliphatic heterocycles. The molecule has 0 unspecified atom stereocenters. The van der Waals surface area contributed by atoms with Crippen molar-refractivity contribution in [3.63, 3.8) is 0 Å². The monoisotopic (exact) mass is 391 g/mol. The van der Waals surface area contributed by atoms with Gasteiger partial charge in [0.2, 0.25) is 5.91 Å². The van der Waals surface area contributed by atoms with Gasteiger partial charge >= 0.3 is 0 Å². The number of carbonyl (C=O) groups excluding carboxylic acids is 1. The SMILES string of the molecule is C[NH+](C)CCCNC(=O)/C=C/c1ccc(OCc2c(F)cccc2Cl)cc1. The molecule has 0 aliphatic carbocycles. The standard InChI is InChI=1S/C21H24ClFN2O2/c1-25(2)14-4-13-24-21(26)12-9-16-7-10-17(11-8-16)27-15-18-19(22)5-3-6-20(18)23/h3,5-12H,4,13-15H2,1-2H3,(H,24,26)/p+1/b12-9+. The summed E-state index contributed by atoms with van der Waals surface area (Å²) < 4.78 is 19.3. The van der Waals surface area contributed by atoms with Crippen LogP contribution in [-0.4, -0.2) is 33.1 Å². The topological polar surface area (TPSA) is 42.8 Å². The molecule has 0 fully saturated rings. The highest BCUT2D eigenvalue weighted by Gasteiger charge is 2.07. The second kappa shape index (κ2) is 10.7. The second-order valence-corrected chi connectivity index (χ2v) is 6.90. The molecule has 2 aromatic rings. The van der Waals surface area contributed by atoms with Gasteiger partial charge in [-0.1, -0.05) is 29.8 Å². The molecule has 0 bridgehead atoms. The third kappa shape index (κ3) is 7.41. The maximum absolute atomic E-state index is 13.7. The summed E-state index contributed by atoms with van der Waals surface area (Å²) in [6.07, 6.45) is 4.20. The average molecular weight is 392 g/mol. The van der Waals surface area contributed by atoms with Gasteiger partial charge < -0.3 is 15.0 Å². The van der Waals surface area contributed by atoms with E-state index in [1.807, 2.05) is 12.1 Å². The van der Waals surface area contributed by atoms with Crippen molar-refractivity contribution in [2.45, 2.75) is 13.0 Å². The molecule has 0 saturated heterocycles. The first-order valence-corrected chi connectivity index (χ1v) is 9.24. The Kier molecular flexibility index (Phi) is 8.30. The molecule has 0 atom stereocenters. The predicted molar refractivity (Wildman–Crippen MR) is 107 cm³/mol. The van der Waals surface area contributed by atoms with Crippen molar-refractivity contribution in [2.75, 3.05) is 27.2 Å². The number of halogens is 2. The molecule has 0 aromatic heterocycles. The molecule has 0 heterocycles. The lowest BCUT2D eigenvalue weighted by Gasteiger charge is -2.09. The van der Waals surface area contributed by atoms with Gasteiger partial charge in [-0.25, -0.2) is 4.39 Å². The number of carbonyl (C=O) groups is 1. The fourth-order valence-electron chi connectivity index (χ4n) is 2.39. The molecule has 2 rings (SSSR count). The Morgan fingerprint density at radius 3 is 2.63 bits per heavy atom. The first-order chi connectivity index (χ1) is 13.0. The quantitative estimate of drug-likeness (QED) is 0.510. The van der Waals surface area contributed by atoms with Gasteiger partial charge in [0.25, 0.3) is 0 Å². The number of ether oxygens (including phenoxy) is 1. The van der Waals surface area contributed by atoms with E-state index in [4.69, 9.17) is 16.3 Å². The number of benzene rings is 2.